The van der Waals surface area contributed by atoms with Gasteiger partial charge in [-0.2, -0.15) is 9.40 Å². The number of hydrogen-bond acceptors (Lipinski definition) is 4. The van der Waals surface area contributed by atoms with Crippen molar-refractivity contribution in [3.05, 3.63) is 42.1 Å². The highest BCUT2D eigenvalue weighted by molar-refractivity contribution is 7.89. The number of rotatable bonds is 4. The van der Waals surface area contributed by atoms with E-state index in [4.69, 9.17) is 0 Å². The largest absolute Gasteiger partial charge is 0.314 e. The number of piperazine rings is 1. The van der Waals surface area contributed by atoms with Crippen LogP contribution in [0.15, 0.2) is 41.6 Å². The van der Waals surface area contributed by atoms with E-state index in [0.29, 0.717) is 32.1 Å². The van der Waals surface area contributed by atoms with Crippen molar-refractivity contribution in [2.75, 3.05) is 26.2 Å². The molecule has 1 aromatic heterocycles. The Balaban J connectivity index is 1.95. The molecular formula is C16H22N4O2S. The minimum atomic E-state index is -3.53. The van der Waals surface area contributed by atoms with Crippen LogP contribution in [0.4, 0.5) is 0 Å². The van der Waals surface area contributed by atoms with Crippen LogP contribution < -0.4 is 5.32 Å². The van der Waals surface area contributed by atoms with Gasteiger partial charge in [0.25, 0.3) is 10.0 Å². The van der Waals surface area contributed by atoms with E-state index in [9.17, 15) is 8.42 Å². The molecule has 0 bridgehead atoms. The minimum Gasteiger partial charge on any atom is -0.314 e. The Morgan fingerprint density at radius 1 is 1.09 bits per heavy atom. The number of benzene rings is 1. The van der Waals surface area contributed by atoms with E-state index in [-0.39, 0.29) is 5.03 Å². The number of nitrogens with one attached hydrogen (secondary N) is 1. The number of hydrogen-bond donors (Lipinski definition) is 1. The highest BCUT2D eigenvalue weighted by Gasteiger charge is 2.29. The Labute approximate surface area is 137 Å². The predicted molar refractivity (Wildman–Crippen MR) is 89.3 cm³/mol. The molecule has 0 amide bonds. The lowest BCUT2D eigenvalue weighted by molar-refractivity contribution is 0.358. The smallest absolute Gasteiger partial charge is 0.260 e. The molecule has 1 aliphatic rings. The molecule has 1 N–H and O–H groups in total. The van der Waals surface area contributed by atoms with E-state index in [1.54, 1.807) is 6.07 Å². The SMILES string of the molecule is CC(C)c1ccc(-n2nccc2S(=O)(=O)N2CCNCC2)cc1. The van der Waals surface area contributed by atoms with Crippen molar-refractivity contribution in [2.24, 2.45) is 0 Å². The standard InChI is InChI=1S/C16H22N4O2S/c1-13(2)14-3-5-15(6-4-14)20-16(7-8-18-20)23(21,22)19-11-9-17-10-12-19/h3-8,13,17H,9-12H2,1-2H3. The summed E-state index contributed by atoms with van der Waals surface area (Å²) >= 11 is 0. The van der Waals surface area contributed by atoms with Crippen LogP contribution in [0.3, 0.4) is 0 Å². The lowest BCUT2D eigenvalue weighted by Crippen LogP contribution is -2.46. The summed E-state index contributed by atoms with van der Waals surface area (Å²) in [6.45, 7) is 6.58. The highest BCUT2D eigenvalue weighted by Crippen LogP contribution is 2.21. The first-order chi connectivity index (χ1) is 11.0. The van der Waals surface area contributed by atoms with Gasteiger partial charge in [0.05, 0.1) is 11.9 Å². The second-order valence-electron chi connectivity index (χ2n) is 5.98. The van der Waals surface area contributed by atoms with Gasteiger partial charge in [0.1, 0.15) is 0 Å². The van der Waals surface area contributed by atoms with Gasteiger partial charge in [-0.25, -0.2) is 13.1 Å². The molecule has 0 unspecified atom stereocenters. The van der Waals surface area contributed by atoms with Crippen LogP contribution in [0.1, 0.15) is 25.3 Å². The summed E-state index contributed by atoms with van der Waals surface area (Å²) < 4.78 is 28.7. The topological polar surface area (TPSA) is 67.2 Å². The first-order valence-corrected chi connectivity index (χ1v) is 9.29. The first-order valence-electron chi connectivity index (χ1n) is 7.85. The zero-order valence-corrected chi connectivity index (χ0v) is 14.3. The van der Waals surface area contributed by atoms with Gasteiger partial charge in [-0.15, -0.1) is 0 Å². The molecular weight excluding hydrogens is 312 g/mol. The Morgan fingerprint density at radius 3 is 2.35 bits per heavy atom. The van der Waals surface area contributed by atoms with Gasteiger partial charge >= 0.3 is 0 Å². The third-order valence-electron chi connectivity index (χ3n) is 4.09. The Kier molecular flexibility index (Phi) is 4.52. The summed E-state index contributed by atoms with van der Waals surface area (Å²) in [5, 5.41) is 7.60. The van der Waals surface area contributed by atoms with Crippen molar-refractivity contribution in [1.29, 1.82) is 0 Å². The van der Waals surface area contributed by atoms with Crippen LogP contribution in [0.25, 0.3) is 5.69 Å². The fraction of sp³-hybridized carbons (Fsp3) is 0.438. The van der Waals surface area contributed by atoms with Crippen LogP contribution >= 0.6 is 0 Å². The number of sulfonamides is 1. The van der Waals surface area contributed by atoms with Crippen LogP contribution in [0.2, 0.25) is 0 Å². The summed E-state index contributed by atoms with van der Waals surface area (Å²) in [5.41, 5.74) is 1.97. The average Bonchev–Trinajstić information content (AvgIpc) is 3.06. The molecule has 0 aliphatic carbocycles. The molecule has 23 heavy (non-hydrogen) atoms. The van der Waals surface area contributed by atoms with Gasteiger partial charge < -0.3 is 5.32 Å². The lowest BCUT2D eigenvalue weighted by atomic mass is 10.0. The molecule has 0 radical (unpaired) electrons. The fourth-order valence-corrected chi connectivity index (χ4v) is 4.23. The molecule has 0 atom stereocenters. The van der Waals surface area contributed by atoms with E-state index >= 15 is 0 Å². The van der Waals surface area contributed by atoms with Gasteiger partial charge in [0, 0.05) is 26.2 Å². The maximum absolute atomic E-state index is 12.9. The quantitative estimate of drug-likeness (QED) is 0.922. The third-order valence-corrected chi connectivity index (χ3v) is 5.98. The van der Waals surface area contributed by atoms with Crippen molar-refractivity contribution >= 4 is 10.0 Å². The molecule has 124 valence electrons. The van der Waals surface area contributed by atoms with Crippen LogP contribution in [-0.4, -0.2) is 48.7 Å². The summed E-state index contributed by atoms with van der Waals surface area (Å²) in [5.74, 6) is 0.436. The van der Waals surface area contributed by atoms with Crippen LogP contribution in [-0.2, 0) is 10.0 Å². The molecule has 0 spiro atoms. The lowest BCUT2D eigenvalue weighted by Gasteiger charge is -2.26. The average molecular weight is 334 g/mol. The van der Waals surface area contributed by atoms with Gasteiger partial charge in [0.15, 0.2) is 5.03 Å². The molecule has 0 saturated carbocycles. The molecule has 1 aromatic carbocycles. The van der Waals surface area contributed by atoms with Crippen LogP contribution in [0, 0.1) is 0 Å². The summed E-state index contributed by atoms with van der Waals surface area (Å²) in [4.78, 5) is 0. The van der Waals surface area contributed by atoms with Gasteiger partial charge in [0.2, 0.25) is 0 Å². The fourth-order valence-electron chi connectivity index (χ4n) is 2.70. The Hall–Kier alpha value is -1.70. The van der Waals surface area contributed by atoms with Crippen molar-refractivity contribution in [2.45, 2.75) is 24.8 Å². The Bertz CT molecular complexity index is 760. The monoisotopic (exact) mass is 334 g/mol. The summed E-state index contributed by atoms with van der Waals surface area (Å²) in [6.07, 6.45) is 1.53. The molecule has 1 fully saturated rings. The second-order valence-corrected chi connectivity index (χ2v) is 7.87. The predicted octanol–water partition coefficient (Wildman–Crippen LogP) is 1.59. The van der Waals surface area contributed by atoms with E-state index < -0.39 is 10.0 Å². The van der Waals surface area contributed by atoms with Gasteiger partial charge in [-0.1, -0.05) is 26.0 Å². The summed E-state index contributed by atoms with van der Waals surface area (Å²) in [6, 6.07) is 9.43. The van der Waals surface area contributed by atoms with Crippen molar-refractivity contribution < 1.29 is 8.42 Å². The maximum atomic E-state index is 12.9. The van der Waals surface area contributed by atoms with Gasteiger partial charge in [-0.3, -0.25) is 0 Å². The first kappa shape index (κ1) is 16.2. The van der Waals surface area contributed by atoms with Gasteiger partial charge in [-0.05, 0) is 29.7 Å². The molecule has 1 saturated heterocycles. The maximum Gasteiger partial charge on any atom is 0.260 e. The van der Waals surface area contributed by atoms with E-state index in [1.807, 2.05) is 24.3 Å². The van der Waals surface area contributed by atoms with E-state index in [2.05, 4.69) is 24.3 Å². The van der Waals surface area contributed by atoms with Crippen molar-refractivity contribution in [3.8, 4) is 5.69 Å². The van der Waals surface area contributed by atoms with Crippen LogP contribution in [0.5, 0.6) is 0 Å². The minimum absolute atomic E-state index is 0.219. The molecule has 2 aromatic rings. The van der Waals surface area contributed by atoms with Crippen molar-refractivity contribution in [1.82, 2.24) is 19.4 Å². The molecule has 3 rings (SSSR count). The summed E-state index contributed by atoms with van der Waals surface area (Å²) in [7, 11) is -3.53. The second kappa shape index (κ2) is 6.43. The number of aromatic nitrogens is 2. The molecule has 1 aliphatic heterocycles. The third kappa shape index (κ3) is 3.17. The highest BCUT2D eigenvalue weighted by atomic mass is 32.2. The zero-order chi connectivity index (χ0) is 16.4. The van der Waals surface area contributed by atoms with Crippen molar-refractivity contribution in [3.63, 3.8) is 0 Å². The molecule has 7 heteroatoms. The number of nitrogens with zero attached hydrogens (tertiary/aromatic N) is 3. The molecule has 6 nitrogen and oxygen atoms in total. The molecule has 2 heterocycles. The Morgan fingerprint density at radius 2 is 1.74 bits per heavy atom. The normalized spacial score (nSPS) is 16.8. The van der Waals surface area contributed by atoms with E-state index in [0.717, 1.165) is 5.69 Å². The zero-order valence-electron chi connectivity index (χ0n) is 13.4. The van der Waals surface area contributed by atoms with E-state index in [1.165, 1.54) is 20.7 Å².